The van der Waals surface area contributed by atoms with Crippen molar-refractivity contribution in [3.63, 3.8) is 0 Å². The van der Waals surface area contributed by atoms with Crippen molar-refractivity contribution < 1.29 is 9.53 Å². The maximum Gasteiger partial charge on any atom is 0.309 e. The van der Waals surface area contributed by atoms with E-state index in [1.165, 1.54) is 25.5 Å². The Labute approximate surface area is 126 Å². The van der Waals surface area contributed by atoms with Gasteiger partial charge in [0.1, 0.15) is 0 Å². The summed E-state index contributed by atoms with van der Waals surface area (Å²) in [5.74, 6) is 0.248. The number of carbonyl (C=O) groups excluding carboxylic acids is 1. The highest BCUT2D eigenvalue weighted by Crippen LogP contribution is 2.46. The summed E-state index contributed by atoms with van der Waals surface area (Å²) in [6, 6.07) is 11.5. The number of ether oxygens (including phenoxy) is 1. The summed E-state index contributed by atoms with van der Waals surface area (Å²) < 4.78 is 5.04. The Bertz CT molecular complexity index is 465. The second-order valence-corrected chi connectivity index (χ2v) is 5.77. The molecule has 0 aliphatic carbocycles. The number of likely N-dealkylation sites (N-methyl/N-ethyl adjacent to an activating group) is 1. The zero-order chi connectivity index (χ0) is 13.4. The van der Waals surface area contributed by atoms with Crippen molar-refractivity contribution in [1.29, 1.82) is 0 Å². The topological polar surface area (TPSA) is 29.5 Å². The van der Waals surface area contributed by atoms with Gasteiger partial charge in [-0.3, -0.25) is 9.69 Å². The molecule has 4 atom stereocenters. The monoisotopic (exact) mass is 295 g/mol. The van der Waals surface area contributed by atoms with Gasteiger partial charge in [-0.05, 0) is 31.9 Å². The largest absolute Gasteiger partial charge is 0.469 e. The Kier molecular flexibility index (Phi) is 4.71. The van der Waals surface area contributed by atoms with Gasteiger partial charge in [-0.25, -0.2) is 0 Å². The highest BCUT2D eigenvalue weighted by atomic mass is 35.5. The number of nitrogens with zero attached hydrogens (tertiary/aromatic N) is 1. The zero-order valence-electron chi connectivity index (χ0n) is 12.0. The van der Waals surface area contributed by atoms with E-state index in [9.17, 15) is 4.79 Å². The van der Waals surface area contributed by atoms with Crippen LogP contribution < -0.4 is 0 Å². The molecule has 20 heavy (non-hydrogen) atoms. The van der Waals surface area contributed by atoms with Gasteiger partial charge < -0.3 is 4.74 Å². The average molecular weight is 296 g/mol. The first-order valence-electron chi connectivity index (χ1n) is 7.07. The van der Waals surface area contributed by atoms with Crippen LogP contribution in [0.3, 0.4) is 0 Å². The molecule has 0 N–H and O–H groups in total. The van der Waals surface area contributed by atoms with E-state index in [0.29, 0.717) is 12.1 Å². The quantitative estimate of drug-likeness (QED) is 0.786. The van der Waals surface area contributed by atoms with Gasteiger partial charge in [0.25, 0.3) is 0 Å². The van der Waals surface area contributed by atoms with Gasteiger partial charge in [0, 0.05) is 18.0 Å². The van der Waals surface area contributed by atoms with E-state index in [2.05, 4.69) is 36.2 Å². The first kappa shape index (κ1) is 15.3. The van der Waals surface area contributed by atoms with Crippen LogP contribution in [0.4, 0.5) is 0 Å². The summed E-state index contributed by atoms with van der Waals surface area (Å²) in [6.07, 6.45) is 3.32. The third kappa shape index (κ3) is 2.45. The molecule has 1 aromatic rings. The number of methoxy groups -OCH3 is 1. The van der Waals surface area contributed by atoms with Crippen molar-refractivity contribution in [2.75, 3.05) is 14.2 Å². The fourth-order valence-electron chi connectivity index (χ4n) is 3.99. The summed E-state index contributed by atoms with van der Waals surface area (Å²) in [7, 11) is 3.70. The van der Waals surface area contributed by atoms with Crippen molar-refractivity contribution in [3.05, 3.63) is 35.9 Å². The van der Waals surface area contributed by atoms with Gasteiger partial charge in [-0.2, -0.15) is 0 Å². The van der Waals surface area contributed by atoms with E-state index in [1.807, 2.05) is 6.07 Å². The number of fused-ring (bicyclic) bond motifs is 2. The second kappa shape index (κ2) is 6.15. The van der Waals surface area contributed by atoms with Crippen LogP contribution >= 0.6 is 12.4 Å². The van der Waals surface area contributed by atoms with E-state index in [-0.39, 0.29) is 30.2 Å². The molecule has 0 unspecified atom stereocenters. The van der Waals surface area contributed by atoms with Gasteiger partial charge in [0.2, 0.25) is 0 Å². The molecule has 4 heteroatoms. The predicted octanol–water partition coefficient (Wildman–Crippen LogP) is 2.85. The molecule has 2 fully saturated rings. The number of halogens is 1. The number of hydrogen-bond acceptors (Lipinski definition) is 3. The van der Waals surface area contributed by atoms with Crippen LogP contribution in [0.15, 0.2) is 30.3 Å². The van der Waals surface area contributed by atoms with Crippen LogP contribution in [-0.2, 0) is 9.53 Å². The Balaban J connectivity index is 0.00000147. The minimum absolute atomic E-state index is 0. The maximum absolute atomic E-state index is 12.1. The molecule has 0 amide bonds. The van der Waals surface area contributed by atoms with Gasteiger partial charge in [0.05, 0.1) is 13.0 Å². The molecular formula is C16H22ClNO2. The van der Waals surface area contributed by atoms with E-state index in [0.717, 1.165) is 6.42 Å². The van der Waals surface area contributed by atoms with E-state index >= 15 is 0 Å². The molecule has 3 nitrogen and oxygen atoms in total. The molecule has 1 aromatic carbocycles. The van der Waals surface area contributed by atoms with E-state index < -0.39 is 0 Å². The van der Waals surface area contributed by atoms with Crippen LogP contribution in [0.5, 0.6) is 0 Å². The number of carbonyl (C=O) groups is 1. The van der Waals surface area contributed by atoms with Crippen LogP contribution in [0.25, 0.3) is 0 Å². The minimum atomic E-state index is -0.0427. The molecule has 2 aliphatic rings. The minimum Gasteiger partial charge on any atom is -0.469 e. The van der Waals surface area contributed by atoms with E-state index in [4.69, 9.17) is 4.74 Å². The molecule has 2 aliphatic heterocycles. The number of hydrogen-bond donors (Lipinski definition) is 0. The molecular weight excluding hydrogens is 274 g/mol. The Morgan fingerprint density at radius 3 is 2.60 bits per heavy atom. The highest BCUT2D eigenvalue weighted by Gasteiger charge is 2.48. The van der Waals surface area contributed by atoms with Gasteiger partial charge in [-0.1, -0.05) is 30.3 Å². The standard InChI is InChI=1S/C16H21NO2.ClH/c1-17-12-8-9-14(17)15(11-6-4-3-5-7-11)13(10-12)16(18)19-2;/h3-7,12-15H,8-10H2,1-2H3;1H/t12-,13+,14-,15+;/m1./s1. The number of benzene rings is 1. The second-order valence-electron chi connectivity index (χ2n) is 5.77. The van der Waals surface area contributed by atoms with Crippen LogP contribution in [-0.4, -0.2) is 37.1 Å². The van der Waals surface area contributed by atoms with Crippen molar-refractivity contribution in [1.82, 2.24) is 4.90 Å². The lowest BCUT2D eigenvalue weighted by Gasteiger charge is -2.42. The molecule has 2 heterocycles. The van der Waals surface area contributed by atoms with Gasteiger partial charge >= 0.3 is 5.97 Å². The Morgan fingerprint density at radius 1 is 1.25 bits per heavy atom. The number of esters is 1. The van der Waals surface area contributed by atoms with Crippen molar-refractivity contribution in [3.8, 4) is 0 Å². The Hall–Kier alpha value is -1.06. The third-order valence-corrected chi connectivity index (χ3v) is 4.96. The molecule has 0 aromatic heterocycles. The van der Waals surface area contributed by atoms with Crippen LogP contribution in [0, 0.1) is 5.92 Å². The lowest BCUT2D eigenvalue weighted by Crippen LogP contribution is -2.47. The zero-order valence-corrected chi connectivity index (χ0v) is 12.8. The first-order chi connectivity index (χ1) is 9.22. The fraction of sp³-hybridized carbons (Fsp3) is 0.562. The lowest BCUT2D eigenvalue weighted by molar-refractivity contribution is -0.149. The SMILES string of the molecule is COC(=O)[C@H]1C[C@H]2CC[C@H]([C@H]1c1ccccc1)N2C.Cl. The summed E-state index contributed by atoms with van der Waals surface area (Å²) in [6.45, 7) is 0. The highest BCUT2D eigenvalue weighted by molar-refractivity contribution is 5.85. The maximum atomic E-state index is 12.1. The summed E-state index contributed by atoms with van der Waals surface area (Å²) in [5, 5.41) is 0. The molecule has 110 valence electrons. The molecule has 2 saturated heterocycles. The van der Waals surface area contributed by atoms with Gasteiger partial charge in [0.15, 0.2) is 0 Å². The van der Waals surface area contributed by atoms with Crippen molar-refractivity contribution in [2.24, 2.45) is 5.92 Å². The first-order valence-corrected chi connectivity index (χ1v) is 7.07. The lowest BCUT2D eigenvalue weighted by atomic mass is 9.76. The number of rotatable bonds is 2. The predicted molar refractivity (Wildman–Crippen MR) is 81.1 cm³/mol. The normalized spacial score (nSPS) is 32.5. The summed E-state index contributed by atoms with van der Waals surface area (Å²) >= 11 is 0. The molecule has 0 spiro atoms. The summed E-state index contributed by atoms with van der Waals surface area (Å²) in [5.41, 5.74) is 1.27. The van der Waals surface area contributed by atoms with Crippen LogP contribution in [0.1, 0.15) is 30.7 Å². The summed E-state index contributed by atoms with van der Waals surface area (Å²) in [4.78, 5) is 14.6. The Morgan fingerprint density at radius 2 is 1.95 bits per heavy atom. The molecule has 0 saturated carbocycles. The third-order valence-electron chi connectivity index (χ3n) is 4.96. The molecule has 2 bridgehead atoms. The average Bonchev–Trinajstić information content (AvgIpc) is 2.70. The smallest absolute Gasteiger partial charge is 0.309 e. The van der Waals surface area contributed by atoms with Crippen molar-refractivity contribution >= 4 is 18.4 Å². The molecule has 0 radical (unpaired) electrons. The van der Waals surface area contributed by atoms with Crippen molar-refractivity contribution in [2.45, 2.75) is 37.3 Å². The number of piperidine rings is 1. The fourth-order valence-corrected chi connectivity index (χ4v) is 3.99. The van der Waals surface area contributed by atoms with Crippen LogP contribution in [0.2, 0.25) is 0 Å². The van der Waals surface area contributed by atoms with E-state index in [1.54, 1.807) is 0 Å². The molecule has 3 rings (SSSR count). The van der Waals surface area contributed by atoms with Gasteiger partial charge in [-0.15, -0.1) is 12.4 Å².